The number of hydrogen-bond donors (Lipinski definition) is 1. The lowest BCUT2D eigenvalue weighted by atomic mass is 10.0. The van der Waals surface area contributed by atoms with E-state index in [2.05, 4.69) is 0 Å². The molecule has 5 nitrogen and oxygen atoms in total. The SMILES string of the molecule is COc1ccc(S(=O)(=O)N(CC[C@@H](N)Cc2ccccc2)CC(C)C)cc1. The monoisotopic (exact) mass is 390 g/mol. The van der Waals surface area contributed by atoms with Gasteiger partial charge in [0.15, 0.2) is 0 Å². The number of benzene rings is 2. The summed E-state index contributed by atoms with van der Waals surface area (Å²) in [7, 11) is -2.01. The maximum Gasteiger partial charge on any atom is 0.243 e. The number of hydrogen-bond acceptors (Lipinski definition) is 4. The zero-order chi connectivity index (χ0) is 19.9. The molecule has 2 aromatic carbocycles. The Hall–Kier alpha value is -1.89. The minimum atomic E-state index is -3.57. The van der Waals surface area contributed by atoms with Crippen LogP contribution >= 0.6 is 0 Å². The van der Waals surface area contributed by atoms with Crippen LogP contribution in [0, 0.1) is 5.92 Å². The van der Waals surface area contributed by atoms with E-state index >= 15 is 0 Å². The maximum absolute atomic E-state index is 13.1. The fourth-order valence-corrected chi connectivity index (χ4v) is 4.56. The molecule has 0 amide bonds. The number of ether oxygens (including phenoxy) is 1. The number of nitrogens with two attached hydrogens (primary N) is 1. The first-order chi connectivity index (χ1) is 12.8. The molecule has 0 aliphatic rings. The largest absolute Gasteiger partial charge is 0.497 e. The van der Waals surface area contributed by atoms with Crippen LogP contribution in [0.3, 0.4) is 0 Å². The summed E-state index contributed by atoms with van der Waals surface area (Å²) in [5.74, 6) is 0.859. The molecule has 2 N–H and O–H groups in total. The summed E-state index contributed by atoms with van der Waals surface area (Å²) in [5, 5.41) is 0. The van der Waals surface area contributed by atoms with Crippen molar-refractivity contribution in [3.8, 4) is 5.75 Å². The predicted octanol–water partition coefficient (Wildman–Crippen LogP) is 3.30. The molecule has 0 aliphatic carbocycles. The van der Waals surface area contributed by atoms with Crippen LogP contribution in [0.25, 0.3) is 0 Å². The van der Waals surface area contributed by atoms with Gasteiger partial charge in [-0.25, -0.2) is 8.42 Å². The molecule has 0 aliphatic heterocycles. The Morgan fingerprint density at radius 1 is 1.04 bits per heavy atom. The molecule has 2 aromatic rings. The van der Waals surface area contributed by atoms with E-state index in [1.165, 1.54) is 5.56 Å². The average Bonchev–Trinajstić information content (AvgIpc) is 2.65. The molecule has 0 heterocycles. The molecule has 1 atom stereocenters. The first-order valence-corrected chi connectivity index (χ1v) is 10.7. The minimum absolute atomic E-state index is 0.0897. The smallest absolute Gasteiger partial charge is 0.243 e. The van der Waals surface area contributed by atoms with Gasteiger partial charge < -0.3 is 10.5 Å². The van der Waals surface area contributed by atoms with E-state index in [4.69, 9.17) is 10.5 Å². The molecule has 0 spiro atoms. The van der Waals surface area contributed by atoms with Gasteiger partial charge in [0.05, 0.1) is 12.0 Å². The summed E-state index contributed by atoms with van der Waals surface area (Å²) >= 11 is 0. The molecule has 0 bridgehead atoms. The van der Waals surface area contributed by atoms with Gasteiger partial charge in [0.1, 0.15) is 5.75 Å². The van der Waals surface area contributed by atoms with E-state index in [1.54, 1.807) is 35.7 Å². The molecule has 0 radical (unpaired) electrons. The van der Waals surface area contributed by atoms with Crippen molar-refractivity contribution in [1.29, 1.82) is 0 Å². The number of rotatable bonds is 10. The van der Waals surface area contributed by atoms with Gasteiger partial charge in [-0.05, 0) is 48.6 Å². The fraction of sp³-hybridized carbons (Fsp3) is 0.429. The van der Waals surface area contributed by atoms with Crippen molar-refractivity contribution in [2.75, 3.05) is 20.2 Å². The van der Waals surface area contributed by atoms with Gasteiger partial charge >= 0.3 is 0 Å². The van der Waals surface area contributed by atoms with Gasteiger partial charge in [0.2, 0.25) is 10.0 Å². The Bertz CT molecular complexity index is 790. The number of sulfonamides is 1. The molecular formula is C21H30N2O3S. The molecule has 6 heteroatoms. The van der Waals surface area contributed by atoms with Crippen molar-refractivity contribution >= 4 is 10.0 Å². The second-order valence-corrected chi connectivity index (χ2v) is 9.11. The van der Waals surface area contributed by atoms with Crippen molar-refractivity contribution < 1.29 is 13.2 Å². The summed E-state index contributed by atoms with van der Waals surface area (Å²) < 4.78 is 32.8. The zero-order valence-corrected chi connectivity index (χ0v) is 17.2. The summed E-state index contributed by atoms with van der Waals surface area (Å²) in [6, 6.07) is 16.5. The van der Waals surface area contributed by atoms with E-state index in [0.29, 0.717) is 25.3 Å². The molecule has 0 saturated heterocycles. The Kier molecular flexibility index (Phi) is 7.83. The lowest BCUT2D eigenvalue weighted by Gasteiger charge is -2.25. The Labute approximate surface area is 163 Å². The number of methoxy groups -OCH3 is 1. The van der Waals surface area contributed by atoms with E-state index in [1.807, 2.05) is 44.2 Å². The molecule has 27 heavy (non-hydrogen) atoms. The van der Waals surface area contributed by atoms with Crippen LogP contribution in [-0.2, 0) is 16.4 Å². The normalized spacial score (nSPS) is 13.1. The quantitative estimate of drug-likeness (QED) is 0.676. The molecule has 148 valence electrons. The maximum atomic E-state index is 13.1. The van der Waals surface area contributed by atoms with E-state index < -0.39 is 10.0 Å². The van der Waals surface area contributed by atoms with Gasteiger partial charge in [-0.15, -0.1) is 0 Å². The van der Waals surface area contributed by atoms with Crippen molar-refractivity contribution in [3.05, 3.63) is 60.2 Å². The highest BCUT2D eigenvalue weighted by Crippen LogP contribution is 2.21. The molecule has 0 unspecified atom stereocenters. The van der Waals surface area contributed by atoms with Crippen LogP contribution in [0.1, 0.15) is 25.8 Å². The molecule has 0 saturated carbocycles. The summed E-state index contributed by atoms with van der Waals surface area (Å²) in [6.45, 7) is 4.90. The van der Waals surface area contributed by atoms with Crippen LogP contribution in [0.2, 0.25) is 0 Å². The number of nitrogens with zero attached hydrogens (tertiary/aromatic N) is 1. The third-order valence-electron chi connectivity index (χ3n) is 4.36. The highest BCUT2D eigenvalue weighted by molar-refractivity contribution is 7.89. The standard InChI is InChI=1S/C21H30N2O3S/c1-17(2)16-23(14-13-19(22)15-18-7-5-4-6-8-18)27(24,25)21-11-9-20(26-3)10-12-21/h4-12,17,19H,13-16,22H2,1-3H3/t19-/m1/s1. The topological polar surface area (TPSA) is 72.6 Å². The molecular weight excluding hydrogens is 360 g/mol. The van der Waals surface area contributed by atoms with Crippen LogP contribution < -0.4 is 10.5 Å². The lowest BCUT2D eigenvalue weighted by molar-refractivity contribution is 0.351. The van der Waals surface area contributed by atoms with Gasteiger partial charge in [-0.2, -0.15) is 4.31 Å². The highest BCUT2D eigenvalue weighted by Gasteiger charge is 2.25. The molecule has 0 aromatic heterocycles. The predicted molar refractivity (Wildman–Crippen MR) is 109 cm³/mol. The van der Waals surface area contributed by atoms with Crippen molar-refractivity contribution in [1.82, 2.24) is 4.31 Å². The summed E-state index contributed by atoms with van der Waals surface area (Å²) in [4.78, 5) is 0.278. The Morgan fingerprint density at radius 2 is 1.67 bits per heavy atom. The van der Waals surface area contributed by atoms with Crippen LogP contribution in [0.15, 0.2) is 59.5 Å². The Balaban J connectivity index is 2.08. The van der Waals surface area contributed by atoms with Gasteiger partial charge in [-0.3, -0.25) is 0 Å². The lowest BCUT2D eigenvalue weighted by Crippen LogP contribution is -2.38. The molecule has 2 rings (SSSR count). The fourth-order valence-electron chi connectivity index (χ4n) is 2.94. The van der Waals surface area contributed by atoms with Crippen molar-refractivity contribution in [2.45, 2.75) is 37.6 Å². The third kappa shape index (κ3) is 6.34. The zero-order valence-electron chi connectivity index (χ0n) is 16.3. The second-order valence-electron chi connectivity index (χ2n) is 7.17. The minimum Gasteiger partial charge on any atom is -0.497 e. The van der Waals surface area contributed by atoms with E-state index in [-0.39, 0.29) is 16.9 Å². The van der Waals surface area contributed by atoms with Gasteiger partial charge in [-0.1, -0.05) is 44.2 Å². The van der Waals surface area contributed by atoms with Crippen molar-refractivity contribution in [2.24, 2.45) is 11.7 Å². The summed E-state index contributed by atoms with van der Waals surface area (Å²) in [5.41, 5.74) is 7.43. The third-order valence-corrected chi connectivity index (χ3v) is 6.24. The highest BCUT2D eigenvalue weighted by atomic mass is 32.2. The van der Waals surface area contributed by atoms with E-state index in [9.17, 15) is 8.42 Å². The summed E-state index contributed by atoms with van der Waals surface area (Å²) in [6.07, 6.45) is 1.34. The van der Waals surface area contributed by atoms with E-state index in [0.717, 1.165) is 6.42 Å². The average molecular weight is 391 g/mol. The second kappa shape index (κ2) is 9.88. The van der Waals surface area contributed by atoms with Crippen LogP contribution in [0.4, 0.5) is 0 Å². The van der Waals surface area contributed by atoms with Crippen molar-refractivity contribution in [3.63, 3.8) is 0 Å². The van der Waals surface area contributed by atoms with Gasteiger partial charge in [0, 0.05) is 19.1 Å². The van der Waals surface area contributed by atoms with Crippen LogP contribution in [0.5, 0.6) is 5.75 Å². The first-order valence-electron chi connectivity index (χ1n) is 9.26. The van der Waals surface area contributed by atoms with Gasteiger partial charge in [0.25, 0.3) is 0 Å². The first kappa shape index (κ1) is 21.4. The molecule has 0 fully saturated rings. The Morgan fingerprint density at radius 3 is 2.22 bits per heavy atom. The van der Waals surface area contributed by atoms with Crippen LogP contribution in [-0.4, -0.2) is 39.0 Å².